The van der Waals surface area contributed by atoms with E-state index < -0.39 is 22.0 Å². The van der Waals surface area contributed by atoms with E-state index in [1.165, 1.54) is 24.3 Å². The number of nitrogens with one attached hydrogen (secondary N) is 2. The number of benzene rings is 1. The van der Waals surface area contributed by atoms with Gasteiger partial charge in [-0.25, -0.2) is 17.9 Å². The minimum Gasteiger partial charge on any atom is -0.449 e. The lowest BCUT2D eigenvalue weighted by Gasteiger charge is -2.09. The molecule has 7 nitrogen and oxygen atoms in total. The predicted molar refractivity (Wildman–Crippen MR) is 81.8 cm³/mol. The standard InChI is InChI=1S/C14H18N2O5S/c1-4-13(17)16-22(19,20)12-7-5-11(6-8-12)15-14(18)21-9-10(2)3/h4-8,10H,1,9H2,2-3H3,(H,15,18)(H,16,17). The van der Waals surface area contributed by atoms with Gasteiger partial charge in [-0.05, 0) is 36.3 Å². The van der Waals surface area contributed by atoms with E-state index in [1.807, 2.05) is 18.6 Å². The maximum atomic E-state index is 11.8. The number of carbonyl (C=O) groups excluding carboxylic acids is 2. The van der Waals surface area contributed by atoms with E-state index in [-0.39, 0.29) is 17.4 Å². The van der Waals surface area contributed by atoms with Crippen LogP contribution in [0.3, 0.4) is 0 Å². The average molecular weight is 326 g/mol. The van der Waals surface area contributed by atoms with E-state index in [1.54, 1.807) is 0 Å². The van der Waals surface area contributed by atoms with Crippen molar-refractivity contribution in [3.63, 3.8) is 0 Å². The SMILES string of the molecule is C=CC(=O)NS(=O)(=O)c1ccc(NC(=O)OCC(C)C)cc1. The molecule has 2 amide bonds. The monoisotopic (exact) mass is 326 g/mol. The summed E-state index contributed by atoms with van der Waals surface area (Å²) in [5.41, 5.74) is 0.378. The van der Waals surface area contributed by atoms with Gasteiger partial charge in [0.05, 0.1) is 11.5 Å². The molecule has 0 aliphatic heterocycles. The van der Waals surface area contributed by atoms with Crippen LogP contribution in [-0.2, 0) is 19.6 Å². The molecule has 22 heavy (non-hydrogen) atoms. The van der Waals surface area contributed by atoms with Gasteiger partial charge in [-0.1, -0.05) is 20.4 Å². The molecular weight excluding hydrogens is 308 g/mol. The Morgan fingerprint density at radius 3 is 2.36 bits per heavy atom. The van der Waals surface area contributed by atoms with Crippen LogP contribution < -0.4 is 10.0 Å². The van der Waals surface area contributed by atoms with Gasteiger partial charge in [0.25, 0.3) is 15.9 Å². The molecule has 0 fully saturated rings. The summed E-state index contributed by atoms with van der Waals surface area (Å²) in [6.07, 6.45) is 0.238. The number of rotatable bonds is 6. The first-order valence-electron chi connectivity index (χ1n) is 6.47. The van der Waals surface area contributed by atoms with Crippen molar-refractivity contribution in [1.29, 1.82) is 0 Å². The largest absolute Gasteiger partial charge is 0.449 e. The van der Waals surface area contributed by atoms with Gasteiger partial charge >= 0.3 is 6.09 Å². The molecule has 0 aromatic heterocycles. The van der Waals surface area contributed by atoms with E-state index in [0.29, 0.717) is 5.69 Å². The molecule has 0 radical (unpaired) electrons. The Bertz CT molecular complexity index is 650. The highest BCUT2D eigenvalue weighted by atomic mass is 32.2. The lowest BCUT2D eigenvalue weighted by molar-refractivity contribution is -0.114. The summed E-state index contributed by atoms with van der Waals surface area (Å²) in [6.45, 7) is 7.28. The second-order valence-corrected chi connectivity index (χ2v) is 6.50. The topological polar surface area (TPSA) is 102 Å². The zero-order valence-corrected chi connectivity index (χ0v) is 13.1. The van der Waals surface area contributed by atoms with Crippen molar-refractivity contribution in [1.82, 2.24) is 4.72 Å². The molecule has 0 saturated heterocycles. The van der Waals surface area contributed by atoms with E-state index in [2.05, 4.69) is 11.9 Å². The van der Waals surface area contributed by atoms with E-state index in [4.69, 9.17) is 4.74 Å². The maximum absolute atomic E-state index is 11.8. The van der Waals surface area contributed by atoms with Crippen LogP contribution in [0.2, 0.25) is 0 Å². The van der Waals surface area contributed by atoms with Crippen LogP contribution in [0.25, 0.3) is 0 Å². The van der Waals surface area contributed by atoms with Crippen LogP contribution in [0.15, 0.2) is 41.8 Å². The van der Waals surface area contributed by atoms with Crippen LogP contribution in [0.1, 0.15) is 13.8 Å². The van der Waals surface area contributed by atoms with Crippen molar-refractivity contribution < 1.29 is 22.7 Å². The van der Waals surface area contributed by atoms with Crippen molar-refractivity contribution >= 4 is 27.7 Å². The number of anilines is 1. The van der Waals surface area contributed by atoms with Crippen LogP contribution >= 0.6 is 0 Å². The maximum Gasteiger partial charge on any atom is 0.411 e. The van der Waals surface area contributed by atoms with E-state index >= 15 is 0 Å². The van der Waals surface area contributed by atoms with Gasteiger partial charge < -0.3 is 4.74 Å². The fourth-order valence-electron chi connectivity index (χ4n) is 1.35. The molecule has 0 saturated carbocycles. The summed E-state index contributed by atoms with van der Waals surface area (Å²) in [4.78, 5) is 22.4. The lowest BCUT2D eigenvalue weighted by Crippen LogP contribution is -2.28. The minimum absolute atomic E-state index is 0.108. The van der Waals surface area contributed by atoms with Crippen LogP contribution in [0.4, 0.5) is 10.5 Å². The number of amides is 2. The normalized spacial score (nSPS) is 10.9. The average Bonchev–Trinajstić information content (AvgIpc) is 2.45. The molecule has 2 N–H and O–H groups in total. The van der Waals surface area contributed by atoms with Gasteiger partial charge in [-0.15, -0.1) is 0 Å². The van der Waals surface area contributed by atoms with Crippen LogP contribution in [0.5, 0.6) is 0 Å². The molecule has 0 aliphatic carbocycles. The smallest absolute Gasteiger partial charge is 0.411 e. The molecule has 1 rings (SSSR count). The van der Waals surface area contributed by atoms with Crippen molar-refractivity contribution in [2.75, 3.05) is 11.9 Å². The van der Waals surface area contributed by atoms with Gasteiger partial charge in [0.15, 0.2) is 0 Å². The molecule has 1 aromatic rings. The van der Waals surface area contributed by atoms with Crippen LogP contribution in [0, 0.1) is 5.92 Å². The fraction of sp³-hybridized carbons (Fsp3) is 0.286. The number of hydrogen-bond acceptors (Lipinski definition) is 5. The quantitative estimate of drug-likeness (QED) is 0.777. The molecule has 0 bridgehead atoms. The second kappa shape index (κ2) is 7.60. The molecule has 0 atom stereocenters. The molecule has 0 heterocycles. The Hall–Kier alpha value is -2.35. The van der Waals surface area contributed by atoms with Gasteiger partial charge in [0.2, 0.25) is 0 Å². The molecule has 1 aromatic carbocycles. The highest BCUT2D eigenvalue weighted by Crippen LogP contribution is 2.14. The zero-order valence-electron chi connectivity index (χ0n) is 12.3. The van der Waals surface area contributed by atoms with Gasteiger partial charge in [-0.2, -0.15) is 0 Å². The van der Waals surface area contributed by atoms with Crippen molar-refractivity contribution in [3.8, 4) is 0 Å². The number of carbonyl (C=O) groups is 2. The van der Waals surface area contributed by atoms with Crippen molar-refractivity contribution in [2.45, 2.75) is 18.7 Å². The van der Waals surface area contributed by atoms with Gasteiger partial charge in [-0.3, -0.25) is 10.1 Å². The molecular formula is C14H18N2O5S. The van der Waals surface area contributed by atoms with Crippen LogP contribution in [-0.4, -0.2) is 27.0 Å². The zero-order chi connectivity index (χ0) is 16.8. The highest BCUT2D eigenvalue weighted by Gasteiger charge is 2.16. The first-order valence-corrected chi connectivity index (χ1v) is 7.96. The minimum atomic E-state index is -3.95. The molecule has 8 heteroatoms. The Kier molecular flexibility index (Phi) is 6.11. The Balaban J connectivity index is 2.72. The summed E-state index contributed by atoms with van der Waals surface area (Å²) >= 11 is 0. The second-order valence-electron chi connectivity index (χ2n) is 4.82. The Morgan fingerprint density at radius 1 is 1.27 bits per heavy atom. The third-order valence-corrected chi connectivity index (χ3v) is 3.74. The van der Waals surface area contributed by atoms with E-state index in [0.717, 1.165) is 6.08 Å². The van der Waals surface area contributed by atoms with Gasteiger partial charge in [0, 0.05) is 5.69 Å². The lowest BCUT2D eigenvalue weighted by atomic mass is 10.2. The third-order valence-electron chi connectivity index (χ3n) is 2.38. The highest BCUT2D eigenvalue weighted by molar-refractivity contribution is 7.90. The van der Waals surface area contributed by atoms with Gasteiger partial charge in [0.1, 0.15) is 0 Å². The molecule has 0 spiro atoms. The summed E-state index contributed by atoms with van der Waals surface area (Å²) in [5, 5.41) is 2.47. The van der Waals surface area contributed by atoms with Crippen molar-refractivity contribution in [3.05, 3.63) is 36.9 Å². The summed E-state index contributed by atoms with van der Waals surface area (Å²) in [5.74, 6) is -0.605. The number of sulfonamides is 1. The first-order chi connectivity index (χ1) is 10.2. The summed E-state index contributed by atoms with van der Waals surface area (Å²) in [7, 11) is -3.95. The third kappa shape index (κ3) is 5.57. The fourth-order valence-corrected chi connectivity index (χ4v) is 2.31. The van der Waals surface area contributed by atoms with Crippen molar-refractivity contribution in [2.24, 2.45) is 5.92 Å². The predicted octanol–water partition coefficient (Wildman–Crippen LogP) is 1.88. The molecule has 120 valence electrons. The molecule has 0 aliphatic rings. The first kappa shape index (κ1) is 17.7. The Labute approximate surface area is 129 Å². The summed E-state index contributed by atoms with van der Waals surface area (Å²) < 4.78 is 30.4. The Morgan fingerprint density at radius 2 is 1.86 bits per heavy atom. The summed E-state index contributed by atoms with van der Waals surface area (Å²) in [6, 6.07) is 5.31. The number of ether oxygens (including phenoxy) is 1. The number of hydrogen-bond donors (Lipinski definition) is 2. The molecule has 0 unspecified atom stereocenters. The van der Waals surface area contributed by atoms with E-state index in [9.17, 15) is 18.0 Å².